The van der Waals surface area contributed by atoms with Gasteiger partial charge in [-0.2, -0.15) is 0 Å². The second-order valence-corrected chi connectivity index (χ2v) is 7.03. The molecule has 0 saturated carbocycles. The molecule has 3 aromatic heterocycles. The van der Waals surface area contributed by atoms with Gasteiger partial charge in [0.15, 0.2) is 0 Å². The standard InChI is InChI=1S/C18H22N6/c1-2-6-23-18(4-1)5-10-24(12-18)14-3-7-19-17-15(14)13(11-22-17)16-20-8-9-21-16/h3,7-9,11,23H,1-2,4-6,10,12H2,(H,19,22)(H,20,21)/t18-/m1/s1. The highest BCUT2D eigenvalue weighted by Crippen LogP contribution is 2.38. The maximum atomic E-state index is 4.51. The predicted molar refractivity (Wildman–Crippen MR) is 95.1 cm³/mol. The number of H-pyrrole nitrogens is 2. The number of rotatable bonds is 2. The molecule has 5 heterocycles. The minimum absolute atomic E-state index is 0.301. The van der Waals surface area contributed by atoms with Crippen molar-refractivity contribution < 1.29 is 0 Å². The van der Waals surface area contributed by atoms with Crippen molar-refractivity contribution in [2.75, 3.05) is 24.5 Å². The summed E-state index contributed by atoms with van der Waals surface area (Å²) < 4.78 is 0. The largest absolute Gasteiger partial charge is 0.369 e. The number of piperidine rings is 1. The van der Waals surface area contributed by atoms with Gasteiger partial charge >= 0.3 is 0 Å². The van der Waals surface area contributed by atoms with E-state index in [9.17, 15) is 0 Å². The van der Waals surface area contributed by atoms with Crippen LogP contribution in [-0.2, 0) is 0 Å². The van der Waals surface area contributed by atoms with E-state index in [0.29, 0.717) is 5.54 Å². The number of aromatic nitrogens is 4. The zero-order valence-electron chi connectivity index (χ0n) is 13.7. The highest BCUT2D eigenvalue weighted by molar-refractivity contribution is 6.01. The Labute approximate surface area is 140 Å². The van der Waals surface area contributed by atoms with E-state index in [1.807, 2.05) is 18.6 Å². The summed E-state index contributed by atoms with van der Waals surface area (Å²) in [5.74, 6) is 0.889. The predicted octanol–water partition coefficient (Wildman–Crippen LogP) is 2.68. The zero-order valence-corrected chi connectivity index (χ0v) is 13.7. The van der Waals surface area contributed by atoms with Gasteiger partial charge in [-0.15, -0.1) is 0 Å². The number of aromatic amines is 2. The first-order chi connectivity index (χ1) is 11.8. The number of anilines is 1. The van der Waals surface area contributed by atoms with Crippen LogP contribution in [0.25, 0.3) is 22.4 Å². The fourth-order valence-corrected chi connectivity index (χ4v) is 4.36. The summed E-state index contributed by atoms with van der Waals surface area (Å²) in [6.45, 7) is 3.32. The molecule has 0 aromatic carbocycles. The van der Waals surface area contributed by atoms with Crippen molar-refractivity contribution in [3.05, 3.63) is 30.9 Å². The minimum Gasteiger partial charge on any atom is -0.369 e. The van der Waals surface area contributed by atoms with Crippen molar-refractivity contribution in [1.29, 1.82) is 0 Å². The molecule has 24 heavy (non-hydrogen) atoms. The average Bonchev–Trinajstić information content (AvgIpc) is 3.34. The van der Waals surface area contributed by atoms with Crippen molar-refractivity contribution in [2.24, 2.45) is 0 Å². The second-order valence-electron chi connectivity index (χ2n) is 7.03. The Hall–Kier alpha value is -2.34. The van der Waals surface area contributed by atoms with Gasteiger partial charge in [0.05, 0.1) is 11.1 Å². The summed E-state index contributed by atoms with van der Waals surface area (Å²) in [6, 6.07) is 2.14. The van der Waals surface area contributed by atoms with Gasteiger partial charge in [0.25, 0.3) is 0 Å². The van der Waals surface area contributed by atoms with Crippen LogP contribution in [0.4, 0.5) is 5.69 Å². The van der Waals surface area contributed by atoms with Crippen LogP contribution in [-0.4, -0.2) is 45.1 Å². The maximum absolute atomic E-state index is 4.51. The van der Waals surface area contributed by atoms with E-state index in [2.05, 4.69) is 36.2 Å². The molecule has 0 aliphatic carbocycles. The molecule has 2 aliphatic rings. The maximum Gasteiger partial charge on any atom is 0.140 e. The Morgan fingerprint density at radius 3 is 2.92 bits per heavy atom. The van der Waals surface area contributed by atoms with E-state index in [1.165, 1.54) is 36.8 Å². The lowest BCUT2D eigenvalue weighted by Gasteiger charge is -2.35. The Balaban J connectivity index is 1.56. The Kier molecular flexibility index (Phi) is 3.13. The summed E-state index contributed by atoms with van der Waals surface area (Å²) in [4.78, 5) is 18.0. The van der Waals surface area contributed by atoms with Crippen LogP contribution < -0.4 is 10.2 Å². The number of nitrogens with zero attached hydrogens (tertiary/aromatic N) is 3. The third-order valence-electron chi connectivity index (χ3n) is 5.58. The van der Waals surface area contributed by atoms with Crippen molar-refractivity contribution in [3.63, 3.8) is 0 Å². The molecule has 3 aromatic rings. The summed E-state index contributed by atoms with van der Waals surface area (Å²) in [7, 11) is 0. The Bertz CT molecular complexity index is 844. The van der Waals surface area contributed by atoms with Gasteiger partial charge in [-0.3, -0.25) is 0 Å². The van der Waals surface area contributed by atoms with Gasteiger partial charge < -0.3 is 20.2 Å². The molecule has 2 saturated heterocycles. The monoisotopic (exact) mass is 322 g/mol. The molecule has 2 fully saturated rings. The first-order valence-corrected chi connectivity index (χ1v) is 8.81. The lowest BCUT2D eigenvalue weighted by atomic mass is 9.88. The molecule has 124 valence electrons. The first kappa shape index (κ1) is 14.0. The number of hydrogen-bond acceptors (Lipinski definition) is 4. The second kappa shape index (κ2) is 5.34. The summed E-state index contributed by atoms with van der Waals surface area (Å²) in [6.07, 6.45) is 12.7. The number of pyridine rings is 1. The van der Waals surface area contributed by atoms with E-state index in [0.717, 1.165) is 36.7 Å². The summed E-state index contributed by atoms with van der Waals surface area (Å²) in [5.41, 5.74) is 3.58. The van der Waals surface area contributed by atoms with Gasteiger partial charge in [-0.25, -0.2) is 9.97 Å². The number of nitrogens with one attached hydrogen (secondary N) is 3. The van der Waals surface area contributed by atoms with Crippen LogP contribution in [0.5, 0.6) is 0 Å². The van der Waals surface area contributed by atoms with Gasteiger partial charge in [-0.1, -0.05) is 6.42 Å². The quantitative estimate of drug-likeness (QED) is 0.678. The molecule has 3 N–H and O–H groups in total. The normalized spacial score (nSPS) is 24.2. The molecule has 6 heteroatoms. The molecule has 2 aliphatic heterocycles. The first-order valence-electron chi connectivity index (χ1n) is 8.81. The Morgan fingerprint density at radius 2 is 2.08 bits per heavy atom. The third-order valence-corrected chi connectivity index (χ3v) is 5.58. The molecule has 0 amide bonds. The lowest BCUT2D eigenvalue weighted by Crippen LogP contribution is -2.50. The highest BCUT2D eigenvalue weighted by Gasteiger charge is 2.39. The molecule has 6 nitrogen and oxygen atoms in total. The van der Waals surface area contributed by atoms with Crippen LogP contribution in [0.3, 0.4) is 0 Å². The van der Waals surface area contributed by atoms with Gasteiger partial charge in [-0.05, 0) is 31.9 Å². The van der Waals surface area contributed by atoms with Crippen molar-refractivity contribution in [1.82, 2.24) is 25.3 Å². The van der Waals surface area contributed by atoms with Crippen molar-refractivity contribution >= 4 is 16.7 Å². The van der Waals surface area contributed by atoms with Crippen LogP contribution in [0, 0.1) is 0 Å². The fourth-order valence-electron chi connectivity index (χ4n) is 4.36. The van der Waals surface area contributed by atoms with Crippen molar-refractivity contribution in [3.8, 4) is 11.4 Å². The van der Waals surface area contributed by atoms with E-state index >= 15 is 0 Å². The highest BCUT2D eigenvalue weighted by atomic mass is 15.2. The molecule has 0 radical (unpaired) electrons. The van der Waals surface area contributed by atoms with Crippen LogP contribution >= 0.6 is 0 Å². The molecular formula is C18H22N6. The summed E-state index contributed by atoms with van der Waals surface area (Å²) in [5, 5.41) is 4.96. The van der Waals surface area contributed by atoms with Gasteiger partial charge in [0.2, 0.25) is 0 Å². The van der Waals surface area contributed by atoms with E-state index < -0.39 is 0 Å². The number of hydrogen-bond donors (Lipinski definition) is 3. The lowest BCUT2D eigenvalue weighted by molar-refractivity contribution is 0.280. The smallest absolute Gasteiger partial charge is 0.140 e. The zero-order chi connectivity index (χ0) is 16.0. The third kappa shape index (κ3) is 2.13. The fraction of sp³-hybridized carbons (Fsp3) is 0.444. The average molecular weight is 322 g/mol. The molecule has 1 spiro atoms. The molecular weight excluding hydrogens is 300 g/mol. The van der Waals surface area contributed by atoms with Crippen LogP contribution in [0.1, 0.15) is 25.7 Å². The van der Waals surface area contributed by atoms with Gasteiger partial charge in [0.1, 0.15) is 11.5 Å². The number of fused-ring (bicyclic) bond motifs is 1. The SMILES string of the molecule is c1c[nH]c(-c2c[nH]c3nccc(N4CC[C@]5(CCCCN5)C4)c23)n1. The number of imidazole rings is 1. The van der Waals surface area contributed by atoms with Crippen molar-refractivity contribution in [2.45, 2.75) is 31.2 Å². The Morgan fingerprint density at radius 1 is 1.08 bits per heavy atom. The van der Waals surface area contributed by atoms with E-state index in [1.54, 1.807) is 6.20 Å². The molecule has 1 atom stereocenters. The minimum atomic E-state index is 0.301. The topological polar surface area (TPSA) is 72.6 Å². The van der Waals surface area contributed by atoms with Crippen LogP contribution in [0.15, 0.2) is 30.9 Å². The van der Waals surface area contributed by atoms with Crippen LogP contribution in [0.2, 0.25) is 0 Å². The van der Waals surface area contributed by atoms with E-state index in [-0.39, 0.29) is 0 Å². The summed E-state index contributed by atoms with van der Waals surface area (Å²) >= 11 is 0. The van der Waals surface area contributed by atoms with Gasteiger partial charge in [0, 0.05) is 49.0 Å². The molecule has 5 rings (SSSR count). The molecule has 0 unspecified atom stereocenters. The molecule has 0 bridgehead atoms. The van der Waals surface area contributed by atoms with E-state index in [4.69, 9.17) is 0 Å².